The number of aromatic amines is 1. The Hall–Kier alpha value is -2.15. The summed E-state index contributed by atoms with van der Waals surface area (Å²) in [5.74, 6) is -0.329. The summed E-state index contributed by atoms with van der Waals surface area (Å²) in [7, 11) is 0. The Morgan fingerprint density at radius 1 is 1.45 bits per heavy atom. The van der Waals surface area contributed by atoms with Crippen LogP contribution in [0.3, 0.4) is 0 Å². The molecule has 2 heterocycles. The fourth-order valence-electron chi connectivity index (χ4n) is 2.03. The van der Waals surface area contributed by atoms with Crippen LogP contribution in [0.1, 0.15) is 29.8 Å². The van der Waals surface area contributed by atoms with Gasteiger partial charge in [-0.05, 0) is 18.9 Å². The van der Waals surface area contributed by atoms with Gasteiger partial charge in [0.15, 0.2) is 5.13 Å². The summed E-state index contributed by atoms with van der Waals surface area (Å²) < 4.78 is 0. The van der Waals surface area contributed by atoms with Crippen molar-refractivity contribution in [2.45, 2.75) is 19.3 Å². The number of hydrogen-bond acceptors (Lipinski definition) is 4. The predicted molar refractivity (Wildman–Crippen MR) is 76.4 cm³/mol. The van der Waals surface area contributed by atoms with E-state index in [-0.39, 0.29) is 11.8 Å². The third-order valence-electron chi connectivity index (χ3n) is 3.45. The molecule has 0 aromatic carbocycles. The molecular weight excluding hydrogens is 276 g/mol. The minimum absolute atomic E-state index is 0.0454. The summed E-state index contributed by atoms with van der Waals surface area (Å²) >= 11 is 1.37. The number of rotatable bonds is 4. The fraction of sp³-hybridized carbons (Fsp3) is 0.308. The van der Waals surface area contributed by atoms with Crippen molar-refractivity contribution in [1.29, 1.82) is 0 Å². The second kappa shape index (κ2) is 5.09. The molecule has 6 nitrogen and oxygen atoms in total. The van der Waals surface area contributed by atoms with Gasteiger partial charge in [-0.1, -0.05) is 6.42 Å². The van der Waals surface area contributed by atoms with Crippen molar-refractivity contribution in [1.82, 2.24) is 9.97 Å². The van der Waals surface area contributed by atoms with Crippen LogP contribution in [-0.4, -0.2) is 21.8 Å². The SMILES string of the molecule is NC(=O)c1cc(-c2csc(NC(=O)C3CCC3)n2)c[nH]1. The van der Waals surface area contributed by atoms with Crippen molar-refractivity contribution >= 4 is 28.3 Å². The average Bonchev–Trinajstić information content (AvgIpc) is 2.93. The minimum Gasteiger partial charge on any atom is -0.364 e. The molecule has 0 radical (unpaired) electrons. The number of nitrogens with one attached hydrogen (secondary N) is 2. The Balaban J connectivity index is 1.72. The molecule has 2 aromatic heterocycles. The topological polar surface area (TPSA) is 101 Å². The van der Waals surface area contributed by atoms with Gasteiger partial charge in [0.2, 0.25) is 5.91 Å². The number of amides is 2. The van der Waals surface area contributed by atoms with Crippen LogP contribution < -0.4 is 11.1 Å². The van der Waals surface area contributed by atoms with Gasteiger partial charge in [-0.2, -0.15) is 0 Å². The summed E-state index contributed by atoms with van der Waals surface area (Å²) in [5, 5.41) is 5.25. The zero-order valence-electron chi connectivity index (χ0n) is 10.7. The third kappa shape index (κ3) is 2.44. The van der Waals surface area contributed by atoms with Crippen molar-refractivity contribution in [3.05, 3.63) is 23.3 Å². The highest BCUT2D eigenvalue weighted by Gasteiger charge is 2.25. The molecule has 4 N–H and O–H groups in total. The number of aromatic nitrogens is 2. The standard InChI is InChI=1S/C13H14N4O2S/c14-11(18)9-4-8(5-15-9)10-6-20-13(16-10)17-12(19)7-2-1-3-7/h4-7,15H,1-3H2,(H2,14,18)(H,16,17,19). The van der Waals surface area contributed by atoms with Crippen LogP contribution in [0.15, 0.2) is 17.6 Å². The summed E-state index contributed by atoms with van der Waals surface area (Å²) in [5.41, 5.74) is 7.01. The molecule has 20 heavy (non-hydrogen) atoms. The lowest BCUT2D eigenvalue weighted by Gasteiger charge is -2.23. The maximum atomic E-state index is 11.8. The number of nitrogens with two attached hydrogens (primary N) is 1. The van der Waals surface area contributed by atoms with E-state index in [2.05, 4.69) is 15.3 Å². The third-order valence-corrected chi connectivity index (χ3v) is 4.21. The van der Waals surface area contributed by atoms with Gasteiger partial charge in [-0.15, -0.1) is 11.3 Å². The molecule has 0 aliphatic heterocycles. The zero-order valence-corrected chi connectivity index (χ0v) is 11.5. The van der Waals surface area contributed by atoms with Gasteiger partial charge in [0.25, 0.3) is 5.91 Å². The van der Waals surface area contributed by atoms with E-state index in [1.54, 1.807) is 12.3 Å². The van der Waals surface area contributed by atoms with Crippen molar-refractivity contribution in [2.24, 2.45) is 11.7 Å². The first-order valence-corrected chi connectivity index (χ1v) is 7.26. The van der Waals surface area contributed by atoms with E-state index in [4.69, 9.17) is 5.73 Å². The number of nitrogens with zero attached hydrogens (tertiary/aromatic N) is 1. The highest BCUT2D eigenvalue weighted by Crippen LogP contribution is 2.29. The summed E-state index contributed by atoms with van der Waals surface area (Å²) in [6, 6.07) is 1.65. The lowest BCUT2D eigenvalue weighted by molar-refractivity contribution is -0.122. The molecule has 104 valence electrons. The van der Waals surface area contributed by atoms with Crippen molar-refractivity contribution in [2.75, 3.05) is 5.32 Å². The van der Waals surface area contributed by atoms with E-state index in [9.17, 15) is 9.59 Å². The first-order valence-electron chi connectivity index (χ1n) is 6.38. The summed E-state index contributed by atoms with van der Waals surface area (Å²) in [6.45, 7) is 0. The van der Waals surface area contributed by atoms with Crippen molar-refractivity contribution < 1.29 is 9.59 Å². The van der Waals surface area contributed by atoms with E-state index in [0.29, 0.717) is 16.5 Å². The lowest BCUT2D eigenvalue weighted by atomic mass is 9.85. The first kappa shape index (κ1) is 12.9. The molecule has 0 bridgehead atoms. The number of thiazole rings is 1. The molecule has 0 saturated heterocycles. The number of primary amides is 1. The predicted octanol–water partition coefficient (Wildman–Crippen LogP) is 1.98. The highest BCUT2D eigenvalue weighted by atomic mass is 32.1. The molecular formula is C13H14N4O2S. The molecule has 0 atom stereocenters. The Kier molecular flexibility index (Phi) is 3.27. The molecule has 0 spiro atoms. The van der Waals surface area contributed by atoms with Crippen LogP contribution in [0.2, 0.25) is 0 Å². The monoisotopic (exact) mass is 290 g/mol. The van der Waals surface area contributed by atoms with Crippen molar-refractivity contribution in [3.8, 4) is 11.3 Å². The van der Waals surface area contributed by atoms with Crippen LogP contribution in [-0.2, 0) is 4.79 Å². The Morgan fingerprint density at radius 3 is 2.85 bits per heavy atom. The lowest BCUT2D eigenvalue weighted by Crippen LogP contribution is -2.27. The quantitative estimate of drug-likeness (QED) is 0.802. The number of hydrogen-bond donors (Lipinski definition) is 3. The normalized spacial score (nSPS) is 14.8. The van der Waals surface area contributed by atoms with Crippen molar-refractivity contribution in [3.63, 3.8) is 0 Å². The molecule has 2 amide bonds. The van der Waals surface area contributed by atoms with Crippen LogP contribution in [0.5, 0.6) is 0 Å². The maximum Gasteiger partial charge on any atom is 0.265 e. The molecule has 7 heteroatoms. The van der Waals surface area contributed by atoms with Crippen LogP contribution in [0, 0.1) is 5.92 Å². The van der Waals surface area contributed by atoms with Gasteiger partial charge < -0.3 is 16.0 Å². The summed E-state index contributed by atoms with van der Waals surface area (Å²) in [6.07, 6.45) is 4.72. The Bertz CT molecular complexity index is 657. The summed E-state index contributed by atoms with van der Waals surface area (Å²) in [4.78, 5) is 30.0. The van der Waals surface area contributed by atoms with Gasteiger partial charge in [0, 0.05) is 23.1 Å². The molecule has 1 saturated carbocycles. The minimum atomic E-state index is -0.509. The van der Waals surface area contributed by atoms with Crippen LogP contribution in [0.25, 0.3) is 11.3 Å². The van der Waals surface area contributed by atoms with Crippen LogP contribution >= 0.6 is 11.3 Å². The van der Waals surface area contributed by atoms with E-state index in [1.165, 1.54) is 11.3 Å². The van der Waals surface area contributed by atoms with Gasteiger partial charge in [-0.3, -0.25) is 9.59 Å². The van der Waals surface area contributed by atoms with E-state index in [0.717, 1.165) is 24.8 Å². The van der Waals surface area contributed by atoms with Gasteiger partial charge in [0.05, 0.1) is 5.69 Å². The van der Waals surface area contributed by atoms with Crippen LogP contribution in [0.4, 0.5) is 5.13 Å². The Labute approximate surface area is 119 Å². The Morgan fingerprint density at radius 2 is 2.25 bits per heavy atom. The van der Waals surface area contributed by atoms with E-state index < -0.39 is 5.91 Å². The second-order valence-electron chi connectivity index (χ2n) is 4.82. The van der Waals surface area contributed by atoms with E-state index >= 15 is 0 Å². The zero-order chi connectivity index (χ0) is 14.1. The number of H-pyrrole nitrogens is 1. The number of carbonyl (C=O) groups excluding carboxylic acids is 2. The largest absolute Gasteiger partial charge is 0.364 e. The molecule has 3 rings (SSSR count). The van der Waals surface area contributed by atoms with E-state index in [1.807, 2.05) is 5.38 Å². The fourth-order valence-corrected chi connectivity index (χ4v) is 2.75. The average molecular weight is 290 g/mol. The highest BCUT2D eigenvalue weighted by molar-refractivity contribution is 7.14. The second-order valence-corrected chi connectivity index (χ2v) is 5.68. The van der Waals surface area contributed by atoms with Gasteiger partial charge >= 0.3 is 0 Å². The van der Waals surface area contributed by atoms with Gasteiger partial charge in [0.1, 0.15) is 5.69 Å². The smallest absolute Gasteiger partial charge is 0.265 e. The molecule has 1 aliphatic carbocycles. The number of carbonyl (C=O) groups is 2. The first-order chi connectivity index (χ1) is 9.63. The molecule has 2 aromatic rings. The molecule has 1 fully saturated rings. The molecule has 0 unspecified atom stereocenters. The molecule has 1 aliphatic rings. The van der Waals surface area contributed by atoms with Gasteiger partial charge in [-0.25, -0.2) is 4.98 Å². The maximum absolute atomic E-state index is 11.8. The number of anilines is 1.